The lowest BCUT2D eigenvalue weighted by molar-refractivity contribution is -0.121. The minimum atomic E-state index is -0.0256. The molecule has 1 amide bonds. The second-order valence-corrected chi connectivity index (χ2v) is 6.74. The van der Waals surface area contributed by atoms with Crippen LogP contribution in [0.15, 0.2) is 36.4 Å². The molecule has 0 aromatic heterocycles. The van der Waals surface area contributed by atoms with Crippen molar-refractivity contribution in [2.24, 2.45) is 5.84 Å². The van der Waals surface area contributed by atoms with Crippen molar-refractivity contribution < 1.29 is 14.3 Å². The Balaban J connectivity index is 1.65. The third kappa shape index (κ3) is 3.25. The van der Waals surface area contributed by atoms with E-state index in [0.717, 1.165) is 48.7 Å². The number of nitrogens with two attached hydrogens (primary N) is 1. The lowest BCUT2D eigenvalue weighted by atomic mass is 10.00. The number of benzene rings is 2. The van der Waals surface area contributed by atoms with Gasteiger partial charge in [-0.2, -0.15) is 0 Å². The summed E-state index contributed by atoms with van der Waals surface area (Å²) >= 11 is 0. The molecule has 0 radical (unpaired) electrons. The number of hydrogen-bond donors (Lipinski definition) is 1. The van der Waals surface area contributed by atoms with Gasteiger partial charge in [0.15, 0.2) is 6.61 Å². The molecule has 2 N–H and O–H groups in total. The molecule has 2 aromatic rings. The van der Waals surface area contributed by atoms with Crippen LogP contribution in [0.2, 0.25) is 0 Å². The number of carbonyl (C=O) groups excluding carboxylic acids is 1. The van der Waals surface area contributed by atoms with Crippen LogP contribution in [0.25, 0.3) is 0 Å². The molecule has 0 saturated carbocycles. The van der Waals surface area contributed by atoms with E-state index < -0.39 is 0 Å². The van der Waals surface area contributed by atoms with Gasteiger partial charge in [-0.1, -0.05) is 12.1 Å². The molecule has 136 valence electrons. The number of ether oxygens (including phenoxy) is 2. The van der Waals surface area contributed by atoms with Crippen molar-refractivity contribution in [1.29, 1.82) is 0 Å². The average molecular weight is 353 g/mol. The minimum Gasteiger partial charge on any atom is -0.497 e. The predicted octanol–water partition coefficient (Wildman–Crippen LogP) is 1.90. The molecule has 6 heteroatoms. The first-order chi connectivity index (χ1) is 12.6. The maximum absolute atomic E-state index is 12.5. The van der Waals surface area contributed by atoms with Crippen molar-refractivity contribution >= 4 is 11.6 Å². The number of amides is 1. The topological polar surface area (TPSA) is 68.0 Å². The Bertz CT molecular complexity index is 820. The van der Waals surface area contributed by atoms with Gasteiger partial charge in [0.25, 0.3) is 5.91 Å². The second kappa shape index (κ2) is 6.97. The molecule has 0 aliphatic carbocycles. The van der Waals surface area contributed by atoms with E-state index in [4.69, 9.17) is 15.3 Å². The van der Waals surface area contributed by atoms with Gasteiger partial charge in [0, 0.05) is 13.1 Å². The highest BCUT2D eigenvalue weighted by atomic mass is 16.5. The smallest absolute Gasteiger partial charge is 0.265 e. The molecular formula is C20H23N3O3. The van der Waals surface area contributed by atoms with Gasteiger partial charge < -0.3 is 14.4 Å². The molecule has 4 rings (SSSR count). The minimum absolute atomic E-state index is 0.0256. The first-order valence-corrected chi connectivity index (χ1v) is 8.85. The summed E-state index contributed by atoms with van der Waals surface area (Å²) < 4.78 is 10.9. The summed E-state index contributed by atoms with van der Waals surface area (Å²) in [5.74, 6) is 7.53. The maximum Gasteiger partial charge on any atom is 0.265 e. The SMILES string of the molecule is COc1ccc(CN2C(=O)COc3cc4c(cc32)CCN(N)CC4)cc1. The van der Waals surface area contributed by atoms with Crippen LogP contribution >= 0.6 is 0 Å². The predicted molar refractivity (Wildman–Crippen MR) is 99.3 cm³/mol. The van der Waals surface area contributed by atoms with Crippen LogP contribution in [-0.4, -0.2) is 37.7 Å². The van der Waals surface area contributed by atoms with Crippen LogP contribution in [-0.2, 0) is 24.2 Å². The van der Waals surface area contributed by atoms with Crippen molar-refractivity contribution in [1.82, 2.24) is 5.01 Å². The second-order valence-electron chi connectivity index (χ2n) is 6.74. The largest absolute Gasteiger partial charge is 0.497 e. The molecule has 2 aromatic carbocycles. The van der Waals surface area contributed by atoms with Gasteiger partial charge in [-0.25, -0.2) is 5.01 Å². The van der Waals surface area contributed by atoms with Gasteiger partial charge in [-0.15, -0.1) is 0 Å². The van der Waals surface area contributed by atoms with Crippen LogP contribution in [0.3, 0.4) is 0 Å². The van der Waals surface area contributed by atoms with Crippen molar-refractivity contribution in [2.75, 3.05) is 31.7 Å². The maximum atomic E-state index is 12.5. The van der Waals surface area contributed by atoms with E-state index in [1.807, 2.05) is 34.2 Å². The molecule has 2 aliphatic heterocycles. The zero-order valence-corrected chi connectivity index (χ0v) is 14.9. The normalized spacial score (nSPS) is 17.2. The molecule has 2 heterocycles. The fraction of sp³-hybridized carbons (Fsp3) is 0.350. The summed E-state index contributed by atoms with van der Waals surface area (Å²) in [5, 5.41) is 1.85. The summed E-state index contributed by atoms with van der Waals surface area (Å²) in [6.45, 7) is 2.24. The van der Waals surface area contributed by atoms with Crippen LogP contribution in [0.5, 0.6) is 11.5 Å². The van der Waals surface area contributed by atoms with Crippen molar-refractivity contribution in [3.05, 3.63) is 53.1 Å². The monoisotopic (exact) mass is 353 g/mol. The number of nitrogens with zero attached hydrogens (tertiary/aromatic N) is 2. The van der Waals surface area contributed by atoms with Gasteiger partial charge in [0.2, 0.25) is 0 Å². The van der Waals surface area contributed by atoms with Gasteiger partial charge in [-0.3, -0.25) is 10.6 Å². The standard InChI is InChI=1S/C20H23N3O3/c1-25-17-4-2-14(3-5-17)12-23-18-10-15-6-8-22(21)9-7-16(15)11-19(18)26-13-20(23)24/h2-5,10-11H,6-9,12-13,21H2,1H3. The molecule has 0 unspecified atom stereocenters. The Morgan fingerprint density at radius 1 is 1.12 bits per heavy atom. The third-order valence-corrected chi connectivity index (χ3v) is 5.06. The fourth-order valence-electron chi connectivity index (χ4n) is 3.52. The number of carbonyl (C=O) groups is 1. The Kier molecular flexibility index (Phi) is 4.53. The highest BCUT2D eigenvalue weighted by molar-refractivity contribution is 5.98. The van der Waals surface area contributed by atoms with Crippen molar-refractivity contribution in [2.45, 2.75) is 19.4 Å². The molecule has 26 heavy (non-hydrogen) atoms. The quantitative estimate of drug-likeness (QED) is 0.854. The first-order valence-electron chi connectivity index (χ1n) is 8.85. The third-order valence-electron chi connectivity index (χ3n) is 5.06. The highest BCUT2D eigenvalue weighted by Crippen LogP contribution is 2.37. The van der Waals surface area contributed by atoms with Gasteiger partial charge in [0.05, 0.1) is 19.3 Å². The number of rotatable bonds is 3. The number of hydrogen-bond acceptors (Lipinski definition) is 5. The van der Waals surface area contributed by atoms with Crippen LogP contribution in [0.4, 0.5) is 5.69 Å². The lowest BCUT2D eigenvalue weighted by Gasteiger charge is -2.30. The van der Waals surface area contributed by atoms with Gasteiger partial charge in [0.1, 0.15) is 11.5 Å². The van der Waals surface area contributed by atoms with Crippen molar-refractivity contribution in [3.63, 3.8) is 0 Å². The van der Waals surface area contributed by atoms with Crippen LogP contribution in [0, 0.1) is 0 Å². The highest BCUT2D eigenvalue weighted by Gasteiger charge is 2.27. The molecule has 6 nitrogen and oxygen atoms in total. The zero-order chi connectivity index (χ0) is 18.1. The molecule has 0 bridgehead atoms. The summed E-state index contributed by atoms with van der Waals surface area (Å²) in [6, 6.07) is 12.0. The summed E-state index contributed by atoms with van der Waals surface area (Å²) in [4.78, 5) is 14.3. The fourth-order valence-corrected chi connectivity index (χ4v) is 3.52. The van der Waals surface area contributed by atoms with E-state index in [1.165, 1.54) is 11.1 Å². The number of fused-ring (bicyclic) bond motifs is 2. The molecule has 0 atom stereocenters. The summed E-state index contributed by atoms with van der Waals surface area (Å²) in [7, 11) is 1.64. The summed E-state index contributed by atoms with van der Waals surface area (Å²) in [5.41, 5.74) is 4.40. The molecule has 0 fully saturated rings. The number of methoxy groups -OCH3 is 1. The molecule has 0 saturated heterocycles. The van der Waals surface area contributed by atoms with Gasteiger partial charge in [-0.05, 0) is 53.8 Å². The Hall–Kier alpha value is -2.57. The van der Waals surface area contributed by atoms with E-state index in [9.17, 15) is 4.79 Å². The molecule has 0 spiro atoms. The summed E-state index contributed by atoms with van der Waals surface area (Å²) in [6.07, 6.45) is 1.78. The van der Waals surface area contributed by atoms with Crippen molar-refractivity contribution in [3.8, 4) is 11.5 Å². The number of hydrazine groups is 1. The van der Waals surface area contributed by atoms with E-state index in [0.29, 0.717) is 6.54 Å². The first kappa shape index (κ1) is 16.9. The lowest BCUT2D eigenvalue weighted by Crippen LogP contribution is -2.38. The molecule has 2 aliphatic rings. The molecular weight excluding hydrogens is 330 g/mol. The van der Waals surface area contributed by atoms with E-state index in [1.54, 1.807) is 7.11 Å². The zero-order valence-electron chi connectivity index (χ0n) is 14.9. The van der Waals surface area contributed by atoms with E-state index in [-0.39, 0.29) is 12.5 Å². The Labute approximate surface area is 153 Å². The van der Waals surface area contributed by atoms with E-state index in [2.05, 4.69) is 12.1 Å². The Morgan fingerprint density at radius 3 is 2.50 bits per heavy atom. The van der Waals surface area contributed by atoms with Crippen LogP contribution in [0.1, 0.15) is 16.7 Å². The van der Waals surface area contributed by atoms with E-state index >= 15 is 0 Å². The number of anilines is 1. The average Bonchev–Trinajstić information content (AvgIpc) is 2.85. The Morgan fingerprint density at radius 2 is 1.81 bits per heavy atom. The van der Waals surface area contributed by atoms with Crippen LogP contribution < -0.4 is 20.2 Å². The van der Waals surface area contributed by atoms with Gasteiger partial charge >= 0.3 is 0 Å².